The van der Waals surface area contributed by atoms with Gasteiger partial charge in [-0.2, -0.15) is 5.10 Å². The van der Waals surface area contributed by atoms with Gasteiger partial charge in [-0.15, -0.1) is 0 Å². The van der Waals surface area contributed by atoms with Gasteiger partial charge in [-0.1, -0.05) is 37.8 Å². The molecule has 0 atom stereocenters. The molecule has 3 nitrogen and oxygen atoms in total. The minimum absolute atomic E-state index is 0.314. The first kappa shape index (κ1) is 12.6. The van der Waals surface area contributed by atoms with E-state index in [0.717, 1.165) is 23.6 Å². The van der Waals surface area contributed by atoms with E-state index in [4.69, 9.17) is 16.6 Å². The van der Waals surface area contributed by atoms with Crippen molar-refractivity contribution in [3.05, 3.63) is 28.2 Å². The Balaban J connectivity index is 1.95. The first-order valence-corrected chi connectivity index (χ1v) is 8.18. The van der Waals surface area contributed by atoms with Crippen molar-refractivity contribution < 1.29 is 0 Å². The van der Waals surface area contributed by atoms with Crippen LogP contribution < -0.4 is 0 Å². The SMILES string of the molecule is CCc1cnn2c(Cl)c3c(nc12)C1(CCCCC1)CC3. The van der Waals surface area contributed by atoms with Gasteiger partial charge in [0, 0.05) is 16.5 Å². The van der Waals surface area contributed by atoms with Crippen LogP contribution in [0, 0.1) is 0 Å². The van der Waals surface area contributed by atoms with Crippen LogP contribution in [0.4, 0.5) is 0 Å². The highest BCUT2D eigenvalue weighted by Crippen LogP contribution is 2.49. The largest absolute Gasteiger partial charge is 0.232 e. The van der Waals surface area contributed by atoms with Crippen LogP contribution in [0.2, 0.25) is 5.15 Å². The van der Waals surface area contributed by atoms with Gasteiger partial charge < -0.3 is 0 Å². The molecule has 2 aromatic heterocycles. The third-order valence-electron chi connectivity index (χ3n) is 5.30. The summed E-state index contributed by atoms with van der Waals surface area (Å²) < 4.78 is 1.83. The van der Waals surface area contributed by atoms with Gasteiger partial charge in [0.05, 0.1) is 11.9 Å². The van der Waals surface area contributed by atoms with E-state index in [-0.39, 0.29) is 0 Å². The molecule has 0 radical (unpaired) electrons. The molecule has 1 saturated carbocycles. The summed E-state index contributed by atoms with van der Waals surface area (Å²) >= 11 is 6.62. The molecule has 0 saturated heterocycles. The second kappa shape index (κ2) is 4.45. The maximum Gasteiger partial charge on any atom is 0.160 e. The summed E-state index contributed by atoms with van der Waals surface area (Å²) in [5.74, 6) is 0. The van der Waals surface area contributed by atoms with Crippen LogP contribution in [0.25, 0.3) is 5.65 Å². The average Bonchev–Trinajstić information content (AvgIpc) is 3.04. The van der Waals surface area contributed by atoms with E-state index in [0.29, 0.717) is 5.41 Å². The number of hydrogen-bond donors (Lipinski definition) is 0. The van der Waals surface area contributed by atoms with Gasteiger partial charge in [0.2, 0.25) is 0 Å². The Bertz CT molecular complexity index is 668. The minimum atomic E-state index is 0.314. The van der Waals surface area contributed by atoms with Crippen LogP contribution in [0.15, 0.2) is 6.20 Å². The molecule has 2 aromatic rings. The van der Waals surface area contributed by atoms with Crippen molar-refractivity contribution in [2.24, 2.45) is 0 Å². The van der Waals surface area contributed by atoms with Crippen molar-refractivity contribution in [3.8, 4) is 0 Å². The van der Waals surface area contributed by atoms with E-state index in [9.17, 15) is 0 Å². The Morgan fingerprint density at radius 3 is 2.80 bits per heavy atom. The molecular weight excluding hydrogens is 270 g/mol. The molecule has 0 bridgehead atoms. The fraction of sp³-hybridized carbons (Fsp3) is 0.625. The Labute approximate surface area is 124 Å². The number of nitrogens with zero attached hydrogens (tertiary/aromatic N) is 3. The molecule has 0 aliphatic heterocycles. The van der Waals surface area contributed by atoms with E-state index in [1.165, 1.54) is 55.3 Å². The summed E-state index contributed by atoms with van der Waals surface area (Å²) in [4.78, 5) is 5.04. The zero-order chi connectivity index (χ0) is 13.7. The number of fused-ring (bicyclic) bond motifs is 3. The second-order valence-electron chi connectivity index (χ2n) is 6.33. The van der Waals surface area contributed by atoms with Gasteiger partial charge in [-0.25, -0.2) is 9.50 Å². The van der Waals surface area contributed by atoms with E-state index < -0.39 is 0 Å². The molecule has 106 valence electrons. The van der Waals surface area contributed by atoms with E-state index in [1.54, 1.807) is 0 Å². The molecule has 2 aliphatic carbocycles. The molecule has 1 spiro atoms. The Morgan fingerprint density at radius 1 is 1.25 bits per heavy atom. The highest BCUT2D eigenvalue weighted by molar-refractivity contribution is 6.30. The Kier molecular flexibility index (Phi) is 2.81. The summed E-state index contributed by atoms with van der Waals surface area (Å²) in [7, 11) is 0. The van der Waals surface area contributed by atoms with Crippen LogP contribution in [-0.4, -0.2) is 14.6 Å². The molecular formula is C16H20ClN3. The lowest BCUT2D eigenvalue weighted by Gasteiger charge is -2.33. The monoisotopic (exact) mass is 289 g/mol. The van der Waals surface area contributed by atoms with Gasteiger partial charge in [0.15, 0.2) is 5.65 Å². The summed E-state index contributed by atoms with van der Waals surface area (Å²) in [5, 5.41) is 5.22. The van der Waals surface area contributed by atoms with Gasteiger partial charge in [0.25, 0.3) is 0 Å². The van der Waals surface area contributed by atoms with Gasteiger partial charge in [-0.3, -0.25) is 0 Å². The third-order valence-corrected chi connectivity index (χ3v) is 5.69. The summed E-state index contributed by atoms with van der Waals surface area (Å²) in [6, 6.07) is 0. The summed E-state index contributed by atoms with van der Waals surface area (Å²) in [6.45, 7) is 2.15. The Morgan fingerprint density at radius 2 is 2.05 bits per heavy atom. The van der Waals surface area contributed by atoms with Crippen molar-refractivity contribution in [2.45, 2.75) is 63.7 Å². The molecule has 0 N–H and O–H groups in total. The quantitative estimate of drug-likeness (QED) is 0.740. The first-order chi connectivity index (χ1) is 9.75. The van der Waals surface area contributed by atoms with Crippen molar-refractivity contribution >= 4 is 17.2 Å². The van der Waals surface area contributed by atoms with Gasteiger partial charge in [-0.05, 0) is 32.1 Å². The second-order valence-corrected chi connectivity index (χ2v) is 6.69. The molecule has 2 aliphatic rings. The lowest BCUT2D eigenvalue weighted by molar-refractivity contribution is 0.286. The van der Waals surface area contributed by atoms with Gasteiger partial charge >= 0.3 is 0 Å². The van der Waals surface area contributed by atoms with Crippen LogP contribution >= 0.6 is 11.6 Å². The van der Waals surface area contributed by atoms with E-state index in [2.05, 4.69) is 12.0 Å². The average molecular weight is 290 g/mol. The highest BCUT2D eigenvalue weighted by Gasteiger charge is 2.42. The predicted octanol–water partition coefficient (Wildman–Crippen LogP) is 4.09. The summed E-state index contributed by atoms with van der Waals surface area (Å²) in [6.07, 6.45) is 11.8. The van der Waals surface area contributed by atoms with Crippen molar-refractivity contribution in [2.75, 3.05) is 0 Å². The number of rotatable bonds is 1. The number of aryl methyl sites for hydroxylation is 1. The maximum atomic E-state index is 6.62. The van der Waals surface area contributed by atoms with Crippen LogP contribution in [0.3, 0.4) is 0 Å². The molecule has 4 rings (SSSR count). The lowest BCUT2D eigenvalue weighted by atomic mass is 9.72. The molecule has 1 fully saturated rings. The van der Waals surface area contributed by atoms with E-state index in [1.807, 2.05) is 10.7 Å². The van der Waals surface area contributed by atoms with Crippen LogP contribution in [0.1, 0.15) is 62.3 Å². The topological polar surface area (TPSA) is 30.2 Å². The molecule has 0 aromatic carbocycles. The fourth-order valence-corrected chi connectivity index (χ4v) is 4.45. The number of aromatic nitrogens is 3. The van der Waals surface area contributed by atoms with Crippen molar-refractivity contribution in [1.82, 2.24) is 14.6 Å². The molecule has 0 unspecified atom stereocenters. The lowest BCUT2D eigenvalue weighted by Crippen LogP contribution is -2.27. The smallest absolute Gasteiger partial charge is 0.160 e. The molecule has 0 amide bonds. The standard InChI is InChI=1S/C16H20ClN3/c1-2-11-10-18-20-14(17)12-6-9-16(7-4-3-5-8-16)13(12)19-15(11)20/h10H,2-9H2,1H3. The molecule has 4 heteroatoms. The van der Waals surface area contributed by atoms with Gasteiger partial charge in [0.1, 0.15) is 5.15 Å². The summed E-state index contributed by atoms with van der Waals surface area (Å²) in [5.41, 5.74) is 5.04. The zero-order valence-electron chi connectivity index (χ0n) is 12.0. The third kappa shape index (κ3) is 1.59. The Hall–Kier alpha value is -1.09. The molecule has 2 heterocycles. The zero-order valence-corrected chi connectivity index (χ0v) is 12.7. The molecule has 20 heavy (non-hydrogen) atoms. The minimum Gasteiger partial charge on any atom is -0.232 e. The van der Waals surface area contributed by atoms with Crippen molar-refractivity contribution in [3.63, 3.8) is 0 Å². The number of halogens is 1. The first-order valence-electron chi connectivity index (χ1n) is 7.81. The van der Waals surface area contributed by atoms with Crippen LogP contribution in [0.5, 0.6) is 0 Å². The fourth-order valence-electron chi connectivity index (χ4n) is 4.15. The predicted molar refractivity (Wildman–Crippen MR) is 80.5 cm³/mol. The van der Waals surface area contributed by atoms with Crippen LogP contribution in [-0.2, 0) is 18.3 Å². The number of hydrogen-bond acceptors (Lipinski definition) is 2. The normalized spacial score (nSPS) is 20.7. The highest BCUT2D eigenvalue weighted by atomic mass is 35.5. The van der Waals surface area contributed by atoms with E-state index >= 15 is 0 Å². The van der Waals surface area contributed by atoms with Crippen molar-refractivity contribution in [1.29, 1.82) is 0 Å². The maximum absolute atomic E-state index is 6.62.